The maximum Gasteiger partial charge on any atom is 0.325 e. The number of methoxy groups -OCH3 is 1. The highest BCUT2D eigenvalue weighted by molar-refractivity contribution is 5.80. The number of carbonyl (C=O) groups excluding carboxylic acids is 1. The molecular weight excluding hydrogens is 242 g/mol. The van der Waals surface area contributed by atoms with Crippen LogP contribution in [0.25, 0.3) is 0 Å². The first-order chi connectivity index (χ1) is 8.85. The van der Waals surface area contributed by atoms with Crippen LogP contribution < -0.4 is 5.32 Å². The predicted octanol–water partition coefficient (Wildman–Crippen LogP) is 2.76. The van der Waals surface area contributed by atoms with Crippen LogP contribution in [-0.4, -0.2) is 37.9 Å². The van der Waals surface area contributed by atoms with Crippen LogP contribution in [0, 0.1) is 5.92 Å². The Morgan fingerprint density at radius 2 is 1.95 bits per heavy atom. The van der Waals surface area contributed by atoms with Crippen molar-refractivity contribution in [1.29, 1.82) is 0 Å². The minimum atomic E-state index is -0.650. The van der Waals surface area contributed by atoms with Gasteiger partial charge in [0.15, 0.2) is 0 Å². The fourth-order valence-corrected chi connectivity index (χ4v) is 2.08. The smallest absolute Gasteiger partial charge is 0.325 e. The molecule has 2 atom stereocenters. The van der Waals surface area contributed by atoms with Crippen molar-refractivity contribution in [3.63, 3.8) is 0 Å². The van der Waals surface area contributed by atoms with Crippen molar-refractivity contribution in [2.45, 2.75) is 65.5 Å². The van der Waals surface area contributed by atoms with Crippen molar-refractivity contribution in [3.8, 4) is 0 Å². The second-order valence-electron chi connectivity index (χ2n) is 5.81. The van der Waals surface area contributed by atoms with Crippen LogP contribution in [0.1, 0.15) is 53.9 Å². The van der Waals surface area contributed by atoms with Crippen molar-refractivity contribution in [2.75, 3.05) is 20.3 Å². The van der Waals surface area contributed by atoms with Gasteiger partial charge < -0.3 is 14.8 Å². The van der Waals surface area contributed by atoms with Crippen LogP contribution in [-0.2, 0) is 14.3 Å². The summed E-state index contributed by atoms with van der Waals surface area (Å²) in [4.78, 5) is 11.9. The molecule has 0 aromatic carbocycles. The molecule has 0 aliphatic carbocycles. The molecule has 19 heavy (non-hydrogen) atoms. The topological polar surface area (TPSA) is 47.6 Å². The largest absolute Gasteiger partial charge is 0.468 e. The first kappa shape index (κ1) is 18.4. The third kappa shape index (κ3) is 7.53. The maximum absolute atomic E-state index is 11.9. The van der Waals surface area contributed by atoms with Gasteiger partial charge in [-0.05, 0) is 45.6 Å². The van der Waals surface area contributed by atoms with Gasteiger partial charge in [0.05, 0.1) is 13.2 Å². The molecule has 0 amide bonds. The molecule has 0 radical (unpaired) electrons. The molecule has 0 saturated carbocycles. The van der Waals surface area contributed by atoms with E-state index in [-0.39, 0.29) is 12.1 Å². The Morgan fingerprint density at radius 3 is 2.42 bits per heavy atom. The van der Waals surface area contributed by atoms with Crippen LogP contribution in [0.4, 0.5) is 0 Å². The Morgan fingerprint density at radius 1 is 1.32 bits per heavy atom. The highest BCUT2D eigenvalue weighted by Crippen LogP contribution is 2.14. The van der Waals surface area contributed by atoms with Gasteiger partial charge in [-0.1, -0.05) is 20.8 Å². The van der Waals surface area contributed by atoms with Crippen molar-refractivity contribution in [3.05, 3.63) is 0 Å². The van der Waals surface area contributed by atoms with Gasteiger partial charge in [-0.2, -0.15) is 0 Å². The van der Waals surface area contributed by atoms with Crippen molar-refractivity contribution >= 4 is 5.97 Å². The summed E-state index contributed by atoms with van der Waals surface area (Å²) in [6.07, 6.45) is 2.88. The first-order valence-electron chi connectivity index (χ1n) is 7.30. The minimum absolute atomic E-state index is 0.221. The van der Waals surface area contributed by atoms with E-state index in [2.05, 4.69) is 33.0 Å². The van der Waals surface area contributed by atoms with Crippen molar-refractivity contribution < 1.29 is 14.3 Å². The lowest BCUT2D eigenvalue weighted by molar-refractivity contribution is -0.149. The van der Waals surface area contributed by atoms with E-state index in [4.69, 9.17) is 9.47 Å². The van der Waals surface area contributed by atoms with Gasteiger partial charge in [-0.25, -0.2) is 0 Å². The number of hydrogen-bond acceptors (Lipinski definition) is 4. The summed E-state index contributed by atoms with van der Waals surface area (Å²) in [5, 5.41) is 3.26. The molecule has 0 heterocycles. The molecule has 0 aliphatic rings. The molecule has 0 aromatic heterocycles. The van der Waals surface area contributed by atoms with Gasteiger partial charge >= 0.3 is 5.97 Å². The van der Waals surface area contributed by atoms with Gasteiger partial charge in [-0.15, -0.1) is 0 Å². The molecule has 2 unspecified atom stereocenters. The van der Waals surface area contributed by atoms with E-state index < -0.39 is 5.54 Å². The molecule has 0 bridgehead atoms. The standard InChI is InChI=1S/C15H31NO3/c1-7-9-16-15(5,14(17)18-6)8-10-19-13(4)11-12(2)3/h12-13,16H,7-11H2,1-6H3. The number of hydrogen-bond donors (Lipinski definition) is 1. The Bertz CT molecular complexity index is 256. The van der Waals surface area contributed by atoms with E-state index in [9.17, 15) is 4.79 Å². The van der Waals surface area contributed by atoms with Gasteiger partial charge in [0.25, 0.3) is 0 Å². The zero-order valence-corrected chi connectivity index (χ0v) is 13.4. The van der Waals surface area contributed by atoms with Gasteiger partial charge in [-0.3, -0.25) is 4.79 Å². The zero-order chi connectivity index (χ0) is 14.9. The molecule has 0 fully saturated rings. The number of esters is 1. The SMILES string of the molecule is CCCNC(C)(CCOC(C)CC(C)C)C(=O)OC. The zero-order valence-electron chi connectivity index (χ0n) is 13.4. The Labute approximate surface area is 118 Å². The highest BCUT2D eigenvalue weighted by Gasteiger charge is 2.33. The fraction of sp³-hybridized carbons (Fsp3) is 0.933. The van der Waals surface area contributed by atoms with Gasteiger partial charge in [0, 0.05) is 6.61 Å². The number of nitrogens with one attached hydrogen (secondary N) is 1. The van der Waals surface area contributed by atoms with Crippen LogP contribution in [0.15, 0.2) is 0 Å². The maximum atomic E-state index is 11.9. The molecule has 0 aliphatic heterocycles. The number of ether oxygens (including phenoxy) is 2. The molecule has 4 heteroatoms. The van der Waals surface area contributed by atoms with Gasteiger partial charge in [0.2, 0.25) is 0 Å². The molecule has 0 rings (SSSR count). The summed E-state index contributed by atoms with van der Waals surface area (Å²) in [7, 11) is 1.43. The summed E-state index contributed by atoms with van der Waals surface area (Å²) in [6.45, 7) is 11.8. The lowest BCUT2D eigenvalue weighted by atomic mass is 9.98. The molecule has 0 spiro atoms. The van der Waals surface area contributed by atoms with E-state index in [1.807, 2.05) is 6.92 Å². The van der Waals surface area contributed by atoms with Crippen LogP contribution >= 0.6 is 0 Å². The summed E-state index contributed by atoms with van der Waals surface area (Å²) < 4.78 is 10.7. The number of carbonyl (C=O) groups is 1. The monoisotopic (exact) mass is 273 g/mol. The Hall–Kier alpha value is -0.610. The normalized spacial score (nSPS) is 16.2. The molecular formula is C15H31NO3. The second-order valence-corrected chi connectivity index (χ2v) is 5.81. The second kappa shape index (κ2) is 9.32. The van der Waals surface area contributed by atoms with E-state index in [1.165, 1.54) is 7.11 Å². The van der Waals surface area contributed by atoms with E-state index in [0.717, 1.165) is 19.4 Å². The van der Waals surface area contributed by atoms with Crippen molar-refractivity contribution in [1.82, 2.24) is 5.32 Å². The minimum Gasteiger partial charge on any atom is -0.468 e. The molecule has 0 saturated heterocycles. The summed E-state index contributed by atoms with van der Waals surface area (Å²) in [5.74, 6) is 0.404. The van der Waals surface area contributed by atoms with E-state index in [1.54, 1.807) is 0 Å². The van der Waals surface area contributed by atoms with Crippen molar-refractivity contribution in [2.24, 2.45) is 5.92 Å². The lowest BCUT2D eigenvalue weighted by Gasteiger charge is -2.28. The Kier molecular flexibility index (Phi) is 9.02. The average molecular weight is 273 g/mol. The Balaban J connectivity index is 4.23. The van der Waals surface area contributed by atoms with Crippen LogP contribution in [0.2, 0.25) is 0 Å². The van der Waals surface area contributed by atoms with E-state index >= 15 is 0 Å². The average Bonchev–Trinajstić information content (AvgIpc) is 2.34. The molecule has 1 N–H and O–H groups in total. The summed E-state index contributed by atoms with van der Waals surface area (Å²) in [5.41, 5.74) is -0.650. The molecule has 4 nitrogen and oxygen atoms in total. The number of rotatable bonds is 10. The lowest BCUT2D eigenvalue weighted by Crippen LogP contribution is -2.51. The van der Waals surface area contributed by atoms with Crippen LogP contribution in [0.5, 0.6) is 0 Å². The molecule has 0 aromatic rings. The third-order valence-corrected chi connectivity index (χ3v) is 3.21. The van der Waals surface area contributed by atoms with Crippen LogP contribution in [0.3, 0.4) is 0 Å². The first-order valence-corrected chi connectivity index (χ1v) is 7.30. The third-order valence-electron chi connectivity index (χ3n) is 3.21. The summed E-state index contributed by atoms with van der Waals surface area (Å²) >= 11 is 0. The predicted molar refractivity (Wildman–Crippen MR) is 78.2 cm³/mol. The summed E-state index contributed by atoms with van der Waals surface area (Å²) in [6, 6.07) is 0. The highest BCUT2D eigenvalue weighted by atomic mass is 16.5. The van der Waals surface area contributed by atoms with E-state index in [0.29, 0.717) is 18.9 Å². The van der Waals surface area contributed by atoms with Gasteiger partial charge in [0.1, 0.15) is 5.54 Å². The fourth-order valence-electron chi connectivity index (χ4n) is 2.08. The molecule has 114 valence electrons. The quantitative estimate of drug-likeness (QED) is 0.622.